The second-order valence-corrected chi connectivity index (χ2v) is 10.4. The molecule has 6 heteroatoms. The highest BCUT2D eigenvalue weighted by atomic mass is 32.2. The monoisotopic (exact) mass is 445 g/mol. The van der Waals surface area contributed by atoms with Crippen molar-refractivity contribution in [3.8, 4) is 5.69 Å². The minimum absolute atomic E-state index is 0.186. The minimum Gasteiger partial charge on any atom is -0.239 e. The number of hydrogen-bond acceptors (Lipinski definition) is 3. The van der Waals surface area contributed by atoms with Gasteiger partial charge in [0.25, 0.3) is 0 Å². The van der Waals surface area contributed by atoms with Crippen molar-refractivity contribution in [1.29, 1.82) is 0 Å². The van der Waals surface area contributed by atoms with Gasteiger partial charge in [-0.05, 0) is 23.3 Å². The van der Waals surface area contributed by atoms with E-state index in [1.54, 1.807) is 10.9 Å². The second kappa shape index (κ2) is 8.73. The Hall–Kier alpha value is -3.22. The summed E-state index contributed by atoms with van der Waals surface area (Å²) in [5.41, 5.74) is 2.61. The number of hydrogen-bond donors (Lipinski definition) is 1. The maximum absolute atomic E-state index is 13.7. The number of rotatable bonds is 6. The molecule has 32 heavy (non-hydrogen) atoms. The summed E-state index contributed by atoms with van der Waals surface area (Å²) in [5.74, 6) is 0. The van der Waals surface area contributed by atoms with E-state index in [1.165, 1.54) is 0 Å². The summed E-state index contributed by atoms with van der Waals surface area (Å²) < 4.78 is 32.0. The molecular weight excluding hydrogens is 418 g/mol. The molecule has 0 saturated carbocycles. The summed E-state index contributed by atoms with van der Waals surface area (Å²) in [6, 6.07) is 28.2. The van der Waals surface area contributed by atoms with Gasteiger partial charge < -0.3 is 0 Å². The number of sulfonamides is 1. The predicted molar refractivity (Wildman–Crippen MR) is 127 cm³/mol. The molecule has 4 rings (SSSR count). The molecule has 1 heterocycles. The first-order chi connectivity index (χ1) is 15.3. The van der Waals surface area contributed by atoms with Crippen molar-refractivity contribution in [2.24, 2.45) is 0 Å². The zero-order chi connectivity index (χ0) is 22.8. The average Bonchev–Trinajstić information content (AvgIpc) is 3.27. The highest BCUT2D eigenvalue weighted by molar-refractivity contribution is 7.89. The van der Waals surface area contributed by atoms with Crippen LogP contribution in [0.1, 0.15) is 43.6 Å². The zero-order valence-corrected chi connectivity index (χ0v) is 19.3. The maximum Gasteiger partial charge on any atom is 0.244 e. The van der Waals surface area contributed by atoms with Crippen LogP contribution in [0.5, 0.6) is 0 Å². The fourth-order valence-electron chi connectivity index (χ4n) is 3.63. The lowest BCUT2D eigenvalue weighted by Gasteiger charge is -2.22. The molecular formula is C26H27N3O2S. The lowest BCUT2D eigenvalue weighted by atomic mass is 9.92. The van der Waals surface area contributed by atoms with Crippen LogP contribution in [0, 0.1) is 0 Å². The molecule has 0 aliphatic rings. The fourth-order valence-corrected chi connectivity index (χ4v) is 5.18. The third-order valence-corrected chi connectivity index (χ3v) is 6.66. The number of nitrogens with one attached hydrogen (secondary N) is 1. The summed E-state index contributed by atoms with van der Waals surface area (Å²) in [6.07, 6.45) is 1.60. The van der Waals surface area contributed by atoms with Gasteiger partial charge in [-0.1, -0.05) is 99.6 Å². The van der Waals surface area contributed by atoms with Crippen molar-refractivity contribution >= 4 is 10.0 Å². The van der Waals surface area contributed by atoms with Crippen LogP contribution in [0.15, 0.2) is 102 Å². The van der Waals surface area contributed by atoms with Crippen LogP contribution in [-0.4, -0.2) is 18.2 Å². The van der Waals surface area contributed by atoms with Crippen LogP contribution in [0.3, 0.4) is 0 Å². The second-order valence-electron chi connectivity index (χ2n) is 8.75. The number of para-hydroxylation sites is 1. The summed E-state index contributed by atoms with van der Waals surface area (Å²) in [7, 11) is -3.89. The van der Waals surface area contributed by atoms with Crippen LogP contribution < -0.4 is 4.72 Å². The fraction of sp³-hybridized carbons (Fsp3) is 0.192. The lowest BCUT2D eigenvalue weighted by Crippen LogP contribution is -2.31. The van der Waals surface area contributed by atoms with Gasteiger partial charge in [-0.25, -0.2) is 13.1 Å². The number of aromatic nitrogens is 2. The third kappa shape index (κ3) is 4.66. The molecule has 0 spiro atoms. The molecule has 0 aliphatic carbocycles. The molecule has 5 nitrogen and oxygen atoms in total. The van der Waals surface area contributed by atoms with Crippen LogP contribution >= 0.6 is 0 Å². The van der Waals surface area contributed by atoms with E-state index in [-0.39, 0.29) is 4.90 Å². The van der Waals surface area contributed by atoms with E-state index in [1.807, 2.05) is 112 Å². The first-order valence-corrected chi connectivity index (χ1v) is 12.0. The average molecular weight is 446 g/mol. The van der Waals surface area contributed by atoms with Gasteiger partial charge in [0, 0.05) is 5.41 Å². The van der Waals surface area contributed by atoms with Gasteiger partial charge in [-0.2, -0.15) is 9.82 Å². The van der Waals surface area contributed by atoms with E-state index in [9.17, 15) is 8.42 Å². The Kier molecular flexibility index (Phi) is 6.00. The standard InChI is InChI=1S/C26H27N3O2S/c1-26(2,3)25-23(19-29(27-25)22-17-11-6-12-18-22)32(30,31)28-24(20-13-7-4-8-14-20)21-15-9-5-10-16-21/h4-19,24,28H,1-3H3. The van der Waals surface area contributed by atoms with Crippen molar-refractivity contribution in [2.45, 2.75) is 37.1 Å². The van der Waals surface area contributed by atoms with Gasteiger partial charge in [0.05, 0.1) is 23.6 Å². The first kappa shape index (κ1) is 22.0. The first-order valence-electron chi connectivity index (χ1n) is 10.5. The molecule has 0 atom stereocenters. The SMILES string of the molecule is CC(C)(C)c1nn(-c2ccccc2)cc1S(=O)(=O)NC(c1ccccc1)c1ccccc1. The lowest BCUT2D eigenvalue weighted by molar-refractivity contribution is 0.536. The van der Waals surface area contributed by atoms with Crippen LogP contribution in [0.2, 0.25) is 0 Å². The minimum atomic E-state index is -3.89. The quantitative estimate of drug-likeness (QED) is 0.442. The Morgan fingerprint density at radius 3 is 1.72 bits per heavy atom. The van der Waals surface area contributed by atoms with Crippen molar-refractivity contribution in [1.82, 2.24) is 14.5 Å². The largest absolute Gasteiger partial charge is 0.244 e. The zero-order valence-electron chi connectivity index (χ0n) is 18.4. The van der Waals surface area contributed by atoms with Gasteiger partial charge >= 0.3 is 0 Å². The molecule has 0 saturated heterocycles. The van der Waals surface area contributed by atoms with Gasteiger partial charge in [-0.3, -0.25) is 0 Å². The third-order valence-electron chi connectivity index (χ3n) is 5.24. The summed E-state index contributed by atoms with van der Waals surface area (Å²) in [4.78, 5) is 0.186. The highest BCUT2D eigenvalue weighted by Crippen LogP contribution is 2.31. The smallest absolute Gasteiger partial charge is 0.239 e. The normalized spacial score (nSPS) is 12.2. The van der Waals surface area contributed by atoms with E-state index in [4.69, 9.17) is 0 Å². The predicted octanol–water partition coefficient (Wildman–Crippen LogP) is 5.24. The van der Waals surface area contributed by atoms with E-state index < -0.39 is 21.5 Å². The van der Waals surface area contributed by atoms with Crippen molar-refractivity contribution in [2.75, 3.05) is 0 Å². The molecule has 0 radical (unpaired) electrons. The van der Waals surface area contributed by atoms with Crippen molar-refractivity contribution < 1.29 is 8.42 Å². The molecule has 3 aromatic carbocycles. The van der Waals surface area contributed by atoms with Crippen molar-refractivity contribution in [3.63, 3.8) is 0 Å². The van der Waals surface area contributed by atoms with Crippen LogP contribution in [0.25, 0.3) is 5.69 Å². The molecule has 0 amide bonds. The number of benzene rings is 3. The molecule has 0 unspecified atom stereocenters. The van der Waals surface area contributed by atoms with E-state index in [2.05, 4.69) is 9.82 Å². The summed E-state index contributed by atoms with van der Waals surface area (Å²) >= 11 is 0. The Bertz CT molecular complexity index is 1240. The Balaban J connectivity index is 1.81. The topological polar surface area (TPSA) is 64.0 Å². The molecule has 0 fully saturated rings. The van der Waals surface area contributed by atoms with Crippen LogP contribution in [-0.2, 0) is 15.4 Å². The Labute approximate surface area is 189 Å². The summed E-state index contributed by atoms with van der Waals surface area (Å²) in [6.45, 7) is 5.90. The van der Waals surface area contributed by atoms with E-state index in [0.29, 0.717) is 5.69 Å². The Morgan fingerprint density at radius 2 is 1.25 bits per heavy atom. The van der Waals surface area contributed by atoms with Crippen LogP contribution in [0.4, 0.5) is 0 Å². The maximum atomic E-state index is 13.7. The molecule has 0 aliphatic heterocycles. The highest BCUT2D eigenvalue weighted by Gasteiger charge is 2.32. The van der Waals surface area contributed by atoms with Crippen molar-refractivity contribution in [3.05, 3.63) is 114 Å². The molecule has 4 aromatic rings. The summed E-state index contributed by atoms with van der Waals surface area (Å²) in [5, 5.41) is 4.67. The number of nitrogens with zero attached hydrogens (tertiary/aromatic N) is 2. The van der Waals surface area contributed by atoms with Gasteiger partial charge in [0.15, 0.2) is 0 Å². The Morgan fingerprint density at radius 1 is 0.781 bits per heavy atom. The molecule has 1 N–H and O–H groups in total. The molecule has 164 valence electrons. The molecule has 0 bridgehead atoms. The molecule has 1 aromatic heterocycles. The van der Waals surface area contributed by atoms with E-state index >= 15 is 0 Å². The van der Waals surface area contributed by atoms with E-state index in [0.717, 1.165) is 16.8 Å². The van der Waals surface area contributed by atoms with Gasteiger partial charge in [0.1, 0.15) is 4.90 Å². The van der Waals surface area contributed by atoms with Gasteiger partial charge in [0.2, 0.25) is 10.0 Å². The van der Waals surface area contributed by atoms with Gasteiger partial charge in [-0.15, -0.1) is 0 Å².